The number of rotatable bonds is 7. The number of hydrogen-bond donors (Lipinski definition) is 0. The van der Waals surface area contributed by atoms with Crippen LogP contribution in [0, 0.1) is 5.92 Å². The summed E-state index contributed by atoms with van der Waals surface area (Å²) >= 11 is 0.507. The molecule has 2 heteroatoms. The van der Waals surface area contributed by atoms with E-state index < -0.39 is 0 Å². The average Bonchev–Trinajstić information content (AvgIpc) is 2.11. The monoisotopic (exact) mass is 365 g/mol. The third-order valence-corrected chi connectivity index (χ3v) is 6.94. The van der Waals surface area contributed by atoms with Crippen molar-refractivity contribution in [3.05, 3.63) is 0 Å². The van der Waals surface area contributed by atoms with E-state index in [0.29, 0.717) is 21.2 Å². The van der Waals surface area contributed by atoms with Crippen molar-refractivity contribution in [1.29, 1.82) is 0 Å². The van der Waals surface area contributed by atoms with E-state index in [-0.39, 0.29) is 29.7 Å². The number of hydrogen-bond acceptors (Lipinski definition) is 0. The molecule has 0 aliphatic carbocycles. The van der Waals surface area contributed by atoms with E-state index in [1.165, 1.54) is 32.0 Å². The molecule has 108 valence electrons. The van der Waals surface area contributed by atoms with Crippen molar-refractivity contribution in [2.75, 3.05) is 17.3 Å². The van der Waals surface area contributed by atoms with Gasteiger partial charge in [-0.05, 0) is 0 Å². The first kappa shape index (κ1) is 30.3. The van der Waals surface area contributed by atoms with Gasteiger partial charge in [0.25, 0.3) is 0 Å². The van der Waals surface area contributed by atoms with Gasteiger partial charge in [0.15, 0.2) is 0 Å². The third-order valence-electron chi connectivity index (χ3n) is 2.28. The third kappa shape index (κ3) is 15.2. The maximum absolute atomic E-state index is 2.44. The van der Waals surface area contributed by atoms with E-state index in [1.54, 1.807) is 0 Å². The van der Waals surface area contributed by atoms with Gasteiger partial charge in [-0.3, -0.25) is 0 Å². The van der Waals surface area contributed by atoms with E-state index in [2.05, 4.69) is 27.4 Å². The molecule has 0 aromatic rings. The summed E-state index contributed by atoms with van der Waals surface area (Å²) in [6.45, 7) is 9.47. The summed E-state index contributed by atoms with van der Waals surface area (Å²) in [5.41, 5.74) is 0. The van der Waals surface area contributed by atoms with E-state index >= 15 is 0 Å². The van der Waals surface area contributed by atoms with E-state index in [1.807, 2.05) is 0 Å². The van der Waals surface area contributed by atoms with Crippen LogP contribution in [0.5, 0.6) is 0 Å². The quantitative estimate of drug-likeness (QED) is 0.370. The van der Waals surface area contributed by atoms with E-state index in [0.717, 1.165) is 9.84 Å². The standard InChI is InChI=1S/C10H23IP.4CH4/c1-5-9(3)10(11-6-2)7-8-12-4;;;;/h9-10,12H,5-8H2,1-4H3;4*1H4/q-1;;;;. The van der Waals surface area contributed by atoms with Crippen LogP contribution >= 0.6 is 8.58 Å². The second-order valence-electron chi connectivity index (χ2n) is 3.22. The Morgan fingerprint density at radius 1 is 1.06 bits per heavy atom. The van der Waals surface area contributed by atoms with Crippen molar-refractivity contribution in [1.82, 2.24) is 0 Å². The first-order chi connectivity index (χ1) is 5.76. The second kappa shape index (κ2) is 21.4. The van der Waals surface area contributed by atoms with Crippen LogP contribution in [0.2, 0.25) is 0 Å². The molecule has 0 N–H and O–H groups in total. The number of halogens is 1. The van der Waals surface area contributed by atoms with Crippen molar-refractivity contribution in [3.8, 4) is 0 Å². The van der Waals surface area contributed by atoms with Crippen LogP contribution in [-0.2, 0) is 0 Å². The van der Waals surface area contributed by atoms with Crippen LogP contribution in [-0.4, -0.2) is 21.2 Å². The van der Waals surface area contributed by atoms with Crippen molar-refractivity contribution >= 4 is 8.58 Å². The predicted octanol–water partition coefficient (Wildman–Crippen LogP) is 2.75. The van der Waals surface area contributed by atoms with Crippen molar-refractivity contribution in [3.63, 3.8) is 0 Å². The van der Waals surface area contributed by atoms with Gasteiger partial charge >= 0.3 is 90.5 Å². The Hall–Kier alpha value is 1.16. The summed E-state index contributed by atoms with van der Waals surface area (Å²) in [6.07, 6.45) is 4.39. The zero-order valence-electron chi connectivity index (χ0n) is 8.86. The van der Waals surface area contributed by atoms with Crippen molar-refractivity contribution in [2.24, 2.45) is 5.92 Å². The van der Waals surface area contributed by atoms with Crippen LogP contribution in [0.1, 0.15) is 63.3 Å². The first-order valence-corrected chi connectivity index (χ1v) is 9.46. The predicted molar refractivity (Wildman–Crippen MR) is 84.4 cm³/mol. The fourth-order valence-electron chi connectivity index (χ4n) is 1.25. The molecule has 0 amide bonds. The molecular weight excluding hydrogens is 326 g/mol. The minimum atomic E-state index is 0. The molecule has 0 aromatic heterocycles. The Morgan fingerprint density at radius 2 is 1.56 bits per heavy atom. The molecule has 0 saturated heterocycles. The molecule has 0 radical (unpaired) electrons. The van der Waals surface area contributed by atoms with Gasteiger partial charge in [-0.2, -0.15) is 0 Å². The molecule has 16 heavy (non-hydrogen) atoms. The molecule has 3 atom stereocenters. The molecule has 0 rings (SSSR count). The van der Waals surface area contributed by atoms with Gasteiger partial charge in [-0.1, -0.05) is 29.7 Å². The molecule has 0 spiro atoms. The van der Waals surface area contributed by atoms with E-state index in [4.69, 9.17) is 0 Å². The Labute approximate surface area is 120 Å². The molecule has 0 saturated carbocycles. The minimum absolute atomic E-state index is 0. The van der Waals surface area contributed by atoms with Gasteiger partial charge in [0.1, 0.15) is 0 Å². The molecule has 0 aromatic carbocycles. The van der Waals surface area contributed by atoms with Gasteiger partial charge in [0, 0.05) is 0 Å². The van der Waals surface area contributed by atoms with Gasteiger partial charge in [0.2, 0.25) is 0 Å². The fourth-order valence-corrected chi connectivity index (χ4v) is 5.70. The van der Waals surface area contributed by atoms with Crippen LogP contribution in [0.25, 0.3) is 0 Å². The van der Waals surface area contributed by atoms with Crippen LogP contribution < -0.4 is 21.2 Å². The second-order valence-corrected chi connectivity index (χ2v) is 8.43. The molecule has 0 bridgehead atoms. The Balaban J connectivity index is -0.000000101. The van der Waals surface area contributed by atoms with Crippen molar-refractivity contribution < 1.29 is 21.2 Å². The summed E-state index contributed by atoms with van der Waals surface area (Å²) < 4.78 is 2.59. The summed E-state index contributed by atoms with van der Waals surface area (Å²) in [6, 6.07) is 0. The topological polar surface area (TPSA) is 0 Å². The molecule has 0 fully saturated rings. The zero-order chi connectivity index (χ0) is 9.40. The van der Waals surface area contributed by atoms with Gasteiger partial charge in [-0.15, -0.1) is 0 Å². The fraction of sp³-hybridized carbons (Fsp3) is 1.00. The summed E-state index contributed by atoms with van der Waals surface area (Å²) in [5, 5.41) is 0. The molecule has 0 heterocycles. The molecule has 0 aliphatic rings. The molecule has 0 nitrogen and oxygen atoms in total. The Kier molecular flexibility index (Phi) is 40.6. The van der Waals surface area contributed by atoms with Gasteiger partial charge in [0.05, 0.1) is 0 Å². The van der Waals surface area contributed by atoms with Gasteiger partial charge < -0.3 is 0 Å². The average molecular weight is 365 g/mol. The van der Waals surface area contributed by atoms with Gasteiger partial charge in [-0.25, -0.2) is 0 Å². The zero-order valence-corrected chi connectivity index (χ0v) is 12.0. The molecule has 3 unspecified atom stereocenters. The Bertz CT molecular complexity index is 96.7. The van der Waals surface area contributed by atoms with Crippen LogP contribution in [0.4, 0.5) is 0 Å². The molecular formula is C14H39IP-. The van der Waals surface area contributed by atoms with E-state index in [9.17, 15) is 0 Å². The van der Waals surface area contributed by atoms with Crippen LogP contribution in [0.15, 0.2) is 0 Å². The molecule has 0 aliphatic heterocycles. The van der Waals surface area contributed by atoms with Crippen molar-refractivity contribution in [2.45, 2.75) is 67.2 Å². The Morgan fingerprint density at radius 3 is 1.88 bits per heavy atom. The normalized spacial score (nSPS) is 13.0. The summed E-state index contributed by atoms with van der Waals surface area (Å²) in [5.74, 6) is 0.995. The maximum atomic E-state index is 2.44. The summed E-state index contributed by atoms with van der Waals surface area (Å²) in [7, 11) is 1.17. The summed E-state index contributed by atoms with van der Waals surface area (Å²) in [4.78, 5) is 0. The first-order valence-electron chi connectivity index (χ1n) is 4.98. The number of alkyl halides is 2. The SMILES string of the molecule is C.C.C.C.CC[I-]C(CCPC)C(C)CC. The van der Waals surface area contributed by atoms with Crippen LogP contribution in [0.3, 0.4) is 0 Å².